The van der Waals surface area contributed by atoms with Crippen molar-refractivity contribution in [1.82, 2.24) is 15.1 Å². The fourth-order valence-electron chi connectivity index (χ4n) is 2.54. The minimum atomic E-state index is -0.0627. The van der Waals surface area contributed by atoms with Gasteiger partial charge in [0.1, 0.15) is 0 Å². The lowest BCUT2D eigenvalue weighted by molar-refractivity contribution is -0.120. The molecule has 1 aromatic heterocycles. The molecular weight excluding hydrogens is 357 g/mol. The van der Waals surface area contributed by atoms with Gasteiger partial charge in [0, 0.05) is 18.9 Å². The van der Waals surface area contributed by atoms with Gasteiger partial charge in [0.15, 0.2) is 0 Å². The number of carbonyl (C=O) groups is 1. The zero-order chi connectivity index (χ0) is 17.6. The normalized spacial score (nSPS) is 10.6. The number of hydrogen-bond donors (Lipinski definition) is 1. The van der Waals surface area contributed by atoms with E-state index in [0.717, 1.165) is 16.7 Å². The number of halogens is 2. The fourth-order valence-corrected chi connectivity index (χ4v) is 2.86. The summed E-state index contributed by atoms with van der Waals surface area (Å²) in [7, 11) is 0. The number of hydrogen-bond acceptors (Lipinski definition) is 2. The van der Waals surface area contributed by atoms with E-state index in [0.29, 0.717) is 23.1 Å². The number of carbonyl (C=O) groups excluding carboxylic acids is 1. The van der Waals surface area contributed by atoms with Crippen molar-refractivity contribution >= 4 is 29.1 Å². The second kappa shape index (κ2) is 8.19. The van der Waals surface area contributed by atoms with Gasteiger partial charge >= 0.3 is 0 Å². The predicted octanol–water partition coefficient (Wildman–Crippen LogP) is 4.10. The molecule has 1 heterocycles. The molecule has 0 radical (unpaired) electrons. The Morgan fingerprint density at radius 1 is 1.04 bits per heavy atom. The molecule has 3 rings (SSSR count). The van der Waals surface area contributed by atoms with Crippen molar-refractivity contribution in [2.45, 2.75) is 19.5 Å². The van der Waals surface area contributed by atoms with Crippen LogP contribution in [0, 0.1) is 0 Å². The van der Waals surface area contributed by atoms with E-state index >= 15 is 0 Å². The van der Waals surface area contributed by atoms with Crippen LogP contribution in [0.15, 0.2) is 60.9 Å². The zero-order valence-electron chi connectivity index (χ0n) is 13.5. The number of aromatic nitrogens is 2. The minimum absolute atomic E-state index is 0.0627. The Hall–Kier alpha value is -2.30. The van der Waals surface area contributed by atoms with Gasteiger partial charge in [0.2, 0.25) is 5.91 Å². The molecule has 0 aliphatic carbocycles. The van der Waals surface area contributed by atoms with Crippen LogP contribution in [0.4, 0.5) is 0 Å². The smallest absolute Gasteiger partial charge is 0.224 e. The molecule has 0 aliphatic rings. The largest absolute Gasteiger partial charge is 0.352 e. The van der Waals surface area contributed by atoms with Gasteiger partial charge in [0.05, 0.1) is 23.0 Å². The average Bonchev–Trinajstić information content (AvgIpc) is 3.10. The lowest BCUT2D eigenvalue weighted by atomic mass is 10.1. The summed E-state index contributed by atoms with van der Waals surface area (Å²) in [6.07, 6.45) is 3.93. The van der Waals surface area contributed by atoms with E-state index in [-0.39, 0.29) is 12.3 Å². The SMILES string of the molecule is O=C(Cc1ccc(Cl)c(Cl)c1)NCc1ccccc1Cn1cccn1. The summed E-state index contributed by atoms with van der Waals surface area (Å²) < 4.78 is 1.86. The van der Waals surface area contributed by atoms with Crippen molar-refractivity contribution in [2.75, 3.05) is 0 Å². The number of nitrogens with zero attached hydrogens (tertiary/aromatic N) is 2. The molecule has 1 amide bonds. The Morgan fingerprint density at radius 2 is 1.84 bits per heavy atom. The molecule has 0 spiro atoms. The van der Waals surface area contributed by atoms with E-state index in [2.05, 4.69) is 10.4 Å². The topological polar surface area (TPSA) is 46.9 Å². The van der Waals surface area contributed by atoms with Crippen molar-refractivity contribution in [3.05, 3.63) is 87.7 Å². The van der Waals surface area contributed by atoms with E-state index in [1.807, 2.05) is 41.2 Å². The highest BCUT2D eigenvalue weighted by Gasteiger charge is 2.08. The number of rotatable bonds is 6. The van der Waals surface area contributed by atoms with Gasteiger partial charge in [-0.05, 0) is 34.9 Å². The quantitative estimate of drug-likeness (QED) is 0.706. The van der Waals surface area contributed by atoms with Gasteiger partial charge in [0.25, 0.3) is 0 Å². The molecule has 4 nitrogen and oxygen atoms in total. The first-order valence-electron chi connectivity index (χ1n) is 7.86. The highest BCUT2D eigenvalue weighted by molar-refractivity contribution is 6.42. The van der Waals surface area contributed by atoms with Crippen molar-refractivity contribution in [3.8, 4) is 0 Å². The molecule has 2 aromatic carbocycles. The van der Waals surface area contributed by atoms with Gasteiger partial charge in [-0.1, -0.05) is 53.5 Å². The standard InChI is InChI=1S/C19H17Cl2N3O/c20-17-7-6-14(10-18(17)21)11-19(25)22-12-15-4-1-2-5-16(15)13-24-9-3-8-23-24/h1-10H,11-13H2,(H,22,25). The molecule has 0 aliphatic heterocycles. The van der Waals surface area contributed by atoms with Gasteiger partial charge in [-0.2, -0.15) is 5.10 Å². The van der Waals surface area contributed by atoms with Crippen molar-refractivity contribution in [3.63, 3.8) is 0 Å². The summed E-state index contributed by atoms with van der Waals surface area (Å²) in [6.45, 7) is 1.14. The summed E-state index contributed by atoms with van der Waals surface area (Å²) in [6, 6.07) is 15.1. The van der Waals surface area contributed by atoms with Crippen LogP contribution < -0.4 is 5.32 Å². The van der Waals surface area contributed by atoms with Gasteiger partial charge in [-0.25, -0.2) is 0 Å². The maximum absolute atomic E-state index is 12.2. The number of nitrogens with one attached hydrogen (secondary N) is 1. The minimum Gasteiger partial charge on any atom is -0.352 e. The van der Waals surface area contributed by atoms with Crippen LogP contribution in [-0.2, 0) is 24.3 Å². The van der Waals surface area contributed by atoms with Crippen molar-refractivity contribution in [1.29, 1.82) is 0 Å². The second-order valence-electron chi connectivity index (χ2n) is 5.67. The summed E-state index contributed by atoms with van der Waals surface area (Å²) in [5.41, 5.74) is 3.03. The van der Waals surface area contributed by atoms with E-state index in [4.69, 9.17) is 23.2 Å². The van der Waals surface area contributed by atoms with Crippen molar-refractivity contribution in [2.24, 2.45) is 0 Å². The summed E-state index contributed by atoms with van der Waals surface area (Å²) in [4.78, 5) is 12.2. The molecule has 128 valence electrons. The second-order valence-corrected chi connectivity index (χ2v) is 6.49. The summed E-state index contributed by atoms with van der Waals surface area (Å²) in [5, 5.41) is 8.12. The van der Waals surface area contributed by atoms with E-state index in [1.54, 1.807) is 24.4 Å². The van der Waals surface area contributed by atoms with E-state index < -0.39 is 0 Å². The van der Waals surface area contributed by atoms with Crippen LogP contribution in [0.3, 0.4) is 0 Å². The van der Waals surface area contributed by atoms with Crippen LogP contribution in [-0.4, -0.2) is 15.7 Å². The molecule has 0 fully saturated rings. The molecule has 25 heavy (non-hydrogen) atoms. The predicted molar refractivity (Wildman–Crippen MR) is 99.8 cm³/mol. The molecule has 0 unspecified atom stereocenters. The molecule has 0 atom stereocenters. The first-order chi connectivity index (χ1) is 12.1. The molecule has 0 bridgehead atoms. The zero-order valence-corrected chi connectivity index (χ0v) is 15.0. The first kappa shape index (κ1) is 17.5. The monoisotopic (exact) mass is 373 g/mol. The number of amides is 1. The maximum atomic E-state index is 12.2. The van der Waals surface area contributed by atoms with Gasteiger partial charge in [-0.15, -0.1) is 0 Å². The molecule has 0 saturated heterocycles. The average molecular weight is 374 g/mol. The van der Waals surface area contributed by atoms with Crippen LogP contribution >= 0.6 is 23.2 Å². The van der Waals surface area contributed by atoms with Crippen molar-refractivity contribution < 1.29 is 4.79 Å². The number of benzene rings is 2. The first-order valence-corrected chi connectivity index (χ1v) is 8.62. The Kier molecular flexibility index (Phi) is 5.74. The molecule has 6 heteroatoms. The van der Waals surface area contributed by atoms with Crippen LogP contribution in [0.5, 0.6) is 0 Å². The Bertz CT molecular complexity index is 863. The Morgan fingerprint density at radius 3 is 2.56 bits per heavy atom. The highest BCUT2D eigenvalue weighted by atomic mass is 35.5. The molecular formula is C19H17Cl2N3O. The third-order valence-corrected chi connectivity index (χ3v) is 4.57. The van der Waals surface area contributed by atoms with Gasteiger partial charge < -0.3 is 5.32 Å². The lowest BCUT2D eigenvalue weighted by Crippen LogP contribution is -2.25. The highest BCUT2D eigenvalue weighted by Crippen LogP contribution is 2.22. The fraction of sp³-hybridized carbons (Fsp3) is 0.158. The Balaban J connectivity index is 1.61. The summed E-state index contributed by atoms with van der Waals surface area (Å²) in [5.74, 6) is -0.0627. The third-order valence-electron chi connectivity index (χ3n) is 3.83. The lowest BCUT2D eigenvalue weighted by Gasteiger charge is -2.11. The summed E-state index contributed by atoms with van der Waals surface area (Å²) >= 11 is 11.9. The molecule has 0 saturated carbocycles. The Labute approximate surface area is 156 Å². The van der Waals surface area contributed by atoms with Crippen LogP contribution in [0.1, 0.15) is 16.7 Å². The van der Waals surface area contributed by atoms with Gasteiger partial charge in [-0.3, -0.25) is 9.48 Å². The van der Waals surface area contributed by atoms with E-state index in [9.17, 15) is 4.79 Å². The van der Waals surface area contributed by atoms with E-state index in [1.165, 1.54) is 0 Å². The molecule has 1 N–H and O–H groups in total. The third kappa shape index (κ3) is 4.84. The molecule has 3 aromatic rings. The van der Waals surface area contributed by atoms with Crippen LogP contribution in [0.25, 0.3) is 0 Å². The maximum Gasteiger partial charge on any atom is 0.224 e. The van der Waals surface area contributed by atoms with Crippen LogP contribution in [0.2, 0.25) is 10.0 Å².